The fraction of sp³-hybridized carbons (Fsp3) is 0. The van der Waals surface area contributed by atoms with Crippen molar-refractivity contribution in [2.75, 3.05) is 5.32 Å². The van der Waals surface area contributed by atoms with Gasteiger partial charge in [0.1, 0.15) is 0 Å². The number of benzene rings is 2. The Balaban J connectivity index is 1.92. The first-order valence-electron chi connectivity index (χ1n) is 6.02. The van der Waals surface area contributed by atoms with Crippen molar-refractivity contribution in [1.82, 2.24) is 9.97 Å². The van der Waals surface area contributed by atoms with Gasteiger partial charge in [0, 0.05) is 5.69 Å². The Bertz CT molecular complexity index is 899. The lowest BCUT2D eigenvalue weighted by atomic mass is 10.2. The summed E-state index contributed by atoms with van der Waals surface area (Å²) >= 11 is 11.9. The first-order chi connectivity index (χ1) is 10.0. The number of carbonyl (C=O) groups excluding carboxylic acids is 1. The summed E-state index contributed by atoms with van der Waals surface area (Å²) in [6, 6.07) is 9.88. The van der Waals surface area contributed by atoms with E-state index < -0.39 is 0 Å². The van der Waals surface area contributed by atoms with Gasteiger partial charge >= 0.3 is 5.69 Å². The van der Waals surface area contributed by atoms with E-state index in [9.17, 15) is 9.59 Å². The van der Waals surface area contributed by atoms with Crippen molar-refractivity contribution < 1.29 is 4.79 Å². The molecule has 0 atom stereocenters. The van der Waals surface area contributed by atoms with E-state index in [1.165, 1.54) is 0 Å². The van der Waals surface area contributed by atoms with Crippen molar-refractivity contribution in [1.29, 1.82) is 0 Å². The van der Waals surface area contributed by atoms with Crippen LogP contribution in [0.5, 0.6) is 0 Å². The zero-order valence-corrected chi connectivity index (χ0v) is 12.0. The number of aromatic nitrogens is 2. The van der Waals surface area contributed by atoms with Gasteiger partial charge in [0.15, 0.2) is 0 Å². The van der Waals surface area contributed by atoms with Crippen molar-refractivity contribution >= 4 is 45.8 Å². The topological polar surface area (TPSA) is 77.8 Å². The van der Waals surface area contributed by atoms with Crippen LogP contribution in [0.15, 0.2) is 41.2 Å². The van der Waals surface area contributed by atoms with Gasteiger partial charge in [-0.25, -0.2) is 4.79 Å². The van der Waals surface area contributed by atoms with Crippen LogP contribution in [0.2, 0.25) is 10.0 Å². The number of imidazole rings is 1. The Kier molecular flexibility index (Phi) is 3.45. The number of halogens is 2. The van der Waals surface area contributed by atoms with E-state index in [-0.39, 0.29) is 22.2 Å². The molecule has 2 aromatic carbocycles. The number of anilines is 1. The Hall–Kier alpha value is -2.24. The number of aromatic amines is 2. The summed E-state index contributed by atoms with van der Waals surface area (Å²) in [6.45, 7) is 0. The smallest absolute Gasteiger partial charge is 0.322 e. The maximum atomic E-state index is 12.2. The molecule has 0 radical (unpaired) electrons. The van der Waals surface area contributed by atoms with E-state index in [1.807, 2.05) is 0 Å². The first-order valence-corrected chi connectivity index (χ1v) is 6.77. The van der Waals surface area contributed by atoms with Crippen molar-refractivity contribution in [3.63, 3.8) is 0 Å². The predicted octanol–water partition coefficient (Wildman–Crippen LogP) is 3.42. The van der Waals surface area contributed by atoms with Crippen molar-refractivity contribution in [3.8, 4) is 0 Å². The molecule has 5 nitrogen and oxygen atoms in total. The normalized spacial score (nSPS) is 10.8. The molecule has 3 rings (SSSR count). The molecule has 0 saturated heterocycles. The van der Waals surface area contributed by atoms with E-state index in [0.717, 1.165) is 0 Å². The van der Waals surface area contributed by atoms with Crippen LogP contribution in [0.25, 0.3) is 11.0 Å². The zero-order chi connectivity index (χ0) is 15.0. The van der Waals surface area contributed by atoms with Crippen LogP contribution in [-0.2, 0) is 0 Å². The third-order valence-corrected chi connectivity index (χ3v) is 3.79. The molecule has 0 aliphatic rings. The van der Waals surface area contributed by atoms with Gasteiger partial charge in [0.2, 0.25) is 0 Å². The molecule has 0 aliphatic heterocycles. The second-order valence-corrected chi connectivity index (χ2v) is 5.18. The van der Waals surface area contributed by atoms with E-state index in [1.54, 1.807) is 36.4 Å². The molecule has 3 aromatic rings. The minimum absolute atomic E-state index is 0.202. The van der Waals surface area contributed by atoms with Crippen LogP contribution in [-0.4, -0.2) is 15.9 Å². The molecule has 106 valence electrons. The summed E-state index contributed by atoms with van der Waals surface area (Å²) in [5.41, 5.74) is 1.80. The molecule has 0 fully saturated rings. The number of H-pyrrole nitrogens is 2. The SMILES string of the molecule is O=C(Nc1ccc2[nH]c(=O)[nH]c2c1)c1cccc(Cl)c1Cl. The van der Waals surface area contributed by atoms with E-state index >= 15 is 0 Å². The molecule has 21 heavy (non-hydrogen) atoms. The van der Waals surface area contributed by atoms with E-state index in [2.05, 4.69) is 15.3 Å². The molecule has 0 saturated carbocycles. The van der Waals surface area contributed by atoms with Gasteiger partial charge in [-0.15, -0.1) is 0 Å². The van der Waals surface area contributed by atoms with Crippen molar-refractivity contribution in [2.24, 2.45) is 0 Å². The number of hydrogen-bond acceptors (Lipinski definition) is 2. The van der Waals surface area contributed by atoms with E-state index in [0.29, 0.717) is 21.7 Å². The third kappa shape index (κ3) is 2.66. The highest BCUT2D eigenvalue weighted by molar-refractivity contribution is 6.44. The fourth-order valence-corrected chi connectivity index (χ4v) is 2.37. The van der Waals surface area contributed by atoms with Gasteiger partial charge < -0.3 is 15.3 Å². The van der Waals surface area contributed by atoms with Crippen LogP contribution in [0, 0.1) is 0 Å². The van der Waals surface area contributed by atoms with Gasteiger partial charge in [0.25, 0.3) is 5.91 Å². The largest absolute Gasteiger partial charge is 0.323 e. The van der Waals surface area contributed by atoms with Crippen LogP contribution in [0.3, 0.4) is 0 Å². The molecule has 7 heteroatoms. The lowest BCUT2D eigenvalue weighted by Gasteiger charge is -2.07. The quantitative estimate of drug-likeness (QED) is 0.676. The summed E-state index contributed by atoms with van der Waals surface area (Å²) < 4.78 is 0. The molecule has 3 N–H and O–H groups in total. The predicted molar refractivity (Wildman–Crippen MR) is 83.3 cm³/mol. The number of hydrogen-bond donors (Lipinski definition) is 3. The Morgan fingerprint density at radius 3 is 2.62 bits per heavy atom. The van der Waals surface area contributed by atoms with Gasteiger partial charge in [-0.1, -0.05) is 29.3 Å². The molecule has 0 aliphatic carbocycles. The van der Waals surface area contributed by atoms with Crippen molar-refractivity contribution in [3.05, 3.63) is 62.5 Å². The second-order valence-electron chi connectivity index (χ2n) is 4.39. The van der Waals surface area contributed by atoms with Crippen LogP contribution in [0.4, 0.5) is 5.69 Å². The highest BCUT2D eigenvalue weighted by atomic mass is 35.5. The molecule has 1 heterocycles. The maximum absolute atomic E-state index is 12.2. The Morgan fingerprint density at radius 2 is 1.81 bits per heavy atom. The standard InChI is InChI=1S/C14H9Cl2N3O2/c15-9-3-1-2-8(12(9)16)13(20)17-7-4-5-10-11(6-7)19-14(21)18-10/h1-6H,(H,17,20)(H2,18,19,21). The molecular formula is C14H9Cl2N3O2. The van der Waals surface area contributed by atoms with Crippen LogP contribution >= 0.6 is 23.2 Å². The average molecular weight is 322 g/mol. The summed E-state index contributed by atoms with van der Waals surface area (Å²) in [5.74, 6) is -0.375. The molecule has 1 amide bonds. The lowest BCUT2D eigenvalue weighted by Crippen LogP contribution is -2.12. The molecule has 0 bridgehead atoms. The number of rotatable bonds is 2. The number of fused-ring (bicyclic) bond motifs is 1. The van der Waals surface area contributed by atoms with Gasteiger partial charge in [-0.05, 0) is 30.3 Å². The lowest BCUT2D eigenvalue weighted by molar-refractivity contribution is 0.102. The molecule has 0 spiro atoms. The first kappa shape index (κ1) is 13.7. The van der Waals surface area contributed by atoms with Crippen molar-refractivity contribution in [2.45, 2.75) is 0 Å². The van der Waals surface area contributed by atoms with Gasteiger partial charge in [0.05, 0.1) is 26.6 Å². The number of carbonyl (C=O) groups is 1. The van der Waals surface area contributed by atoms with Gasteiger partial charge in [-0.2, -0.15) is 0 Å². The van der Waals surface area contributed by atoms with E-state index in [4.69, 9.17) is 23.2 Å². The molecular weight excluding hydrogens is 313 g/mol. The fourth-order valence-electron chi connectivity index (χ4n) is 1.99. The minimum Gasteiger partial charge on any atom is -0.322 e. The van der Waals surface area contributed by atoms with Gasteiger partial charge in [-0.3, -0.25) is 4.79 Å². The monoisotopic (exact) mass is 321 g/mol. The summed E-state index contributed by atoms with van der Waals surface area (Å²) in [7, 11) is 0. The third-order valence-electron chi connectivity index (χ3n) is 2.97. The number of nitrogens with one attached hydrogen (secondary N) is 3. The maximum Gasteiger partial charge on any atom is 0.323 e. The Labute approximate surface area is 128 Å². The number of amides is 1. The average Bonchev–Trinajstić information content (AvgIpc) is 2.81. The molecule has 0 unspecified atom stereocenters. The highest BCUT2D eigenvalue weighted by Gasteiger charge is 2.13. The summed E-state index contributed by atoms with van der Waals surface area (Å²) in [4.78, 5) is 28.6. The van der Waals surface area contributed by atoms with Crippen LogP contribution < -0.4 is 11.0 Å². The molecule has 1 aromatic heterocycles. The minimum atomic E-state index is -0.375. The summed E-state index contributed by atoms with van der Waals surface area (Å²) in [5, 5.41) is 3.23. The summed E-state index contributed by atoms with van der Waals surface area (Å²) in [6.07, 6.45) is 0. The Morgan fingerprint density at radius 1 is 1.05 bits per heavy atom. The van der Waals surface area contributed by atoms with Crippen LogP contribution in [0.1, 0.15) is 10.4 Å². The zero-order valence-electron chi connectivity index (χ0n) is 10.5. The second kappa shape index (κ2) is 5.27. The highest BCUT2D eigenvalue weighted by Crippen LogP contribution is 2.26.